The number of ether oxygens (including phenoxy) is 1. The molecule has 0 spiro atoms. The molecule has 1 N–H and O–H groups in total. The minimum atomic E-state index is -0.438. The number of amidine groups is 1. The fourth-order valence-corrected chi connectivity index (χ4v) is 2.62. The average Bonchev–Trinajstić information content (AvgIpc) is 2.68. The van der Waals surface area contributed by atoms with Gasteiger partial charge in [-0.15, -0.1) is 12.6 Å². The molecule has 0 aliphatic carbocycles. The Morgan fingerprint density at radius 3 is 2.45 bits per heavy atom. The lowest BCUT2D eigenvalue weighted by molar-refractivity contribution is 0.0200. The molecule has 0 bridgehead atoms. The Balaban J connectivity index is 1.85. The van der Waals surface area contributed by atoms with Gasteiger partial charge in [-0.3, -0.25) is 5.43 Å². The van der Waals surface area contributed by atoms with Crippen molar-refractivity contribution in [3.63, 3.8) is 0 Å². The molecule has 2 rings (SSSR count). The van der Waals surface area contributed by atoms with E-state index in [1.54, 1.807) is 4.90 Å². The van der Waals surface area contributed by atoms with Crippen LogP contribution in [0.4, 0.5) is 4.79 Å². The van der Waals surface area contributed by atoms with Gasteiger partial charge in [0.25, 0.3) is 0 Å². The first kappa shape index (κ1) is 15.3. The van der Waals surface area contributed by atoms with Gasteiger partial charge in [0.2, 0.25) is 0 Å². The third kappa shape index (κ3) is 3.50. The highest BCUT2D eigenvalue weighted by atomic mass is 32.1. The molecular weight excluding hydrogens is 276 g/mol. The van der Waals surface area contributed by atoms with Crippen molar-refractivity contribution >= 4 is 24.6 Å². The monoisotopic (exact) mass is 300 g/mol. The summed E-state index contributed by atoms with van der Waals surface area (Å²) in [5, 5.41) is 4.33. The quantitative estimate of drug-likeness (QED) is 0.724. The third-order valence-corrected chi connectivity index (χ3v) is 4.00. The summed E-state index contributed by atoms with van der Waals surface area (Å²) in [6, 6.07) is 0. The molecule has 114 valence electrons. The SMILES string of the molecule is CN1C(C2CCN(C(=O)OC(C)(C)C)CC2)=NNC1S. The minimum Gasteiger partial charge on any atom is -0.444 e. The lowest BCUT2D eigenvalue weighted by Crippen LogP contribution is -2.45. The molecule has 0 radical (unpaired) electrons. The van der Waals surface area contributed by atoms with Crippen molar-refractivity contribution in [2.45, 2.75) is 44.7 Å². The third-order valence-electron chi connectivity index (χ3n) is 3.53. The van der Waals surface area contributed by atoms with E-state index in [1.165, 1.54) is 0 Å². The van der Waals surface area contributed by atoms with E-state index in [2.05, 4.69) is 23.2 Å². The molecule has 2 aliphatic rings. The molecule has 6 nitrogen and oxygen atoms in total. The van der Waals surface area contributed by atoms with Crippen LogP contribution in [0.2, 0.25) is 0 Å². The fraction of sp³-hybridized carbons (Fsp3) is 0.846. The van der Waals surface area contributed by atoms with Gasteiger partial charge >= 0.3 is 6.09 Å². The zero-order valence-corrected chi connectivity index (χ0v) is 13.5. The van der Waals surface area contributed by atoms with Gasteiger partial charge in [-0.05, 0) is 33.6 Å². The standard InChI is InChI=1S/C13H24N4O2S/c1-13(2,3)19-12(18)17-7-5-9(6-8-17)10-14-15-11(20)16(10)4/h9,11,15,20H,5-8H2,1-4H3. The zero-order chi connectivity index (χ0) is 14.9. The first-order valence-corrected chi connectivity index (χ1v) is 7.51. The van der Waals surface area contributed by atoms with Crippen molar-refractivity contribution in [2.75, 3.05) is 20.1 Å². The number of amides is 1. The van der Waals surface area contributed by atoms with Gasteiger partial charge < -0.3 is 14.5 Å². The summed E-state index contributed by atoms with van der Waals surface area (Å²) in [5.41, 5.74) is 2.47. The molecular formula is C13H24N4O2S. The van der Waals surface area contributed by atoms with Crippen LogP contribution < -0.4 is 5.43 Å². The number of rotatable bonds is 1. The molecule has 1 fully saturated rings. The van der Waals surface area contributed by atoms with Crippen LogP contribution in [0.3, 0.4) is 0 Å². The predicted molar refractivity (Wildman–Crippen MR) is 81.6 cm³/mol. The Morgan fingerprint density at radius 1 is 1.40 bits per heavy atom. The van der Waals surface area contributed by atoms with Crippen molar-refractivity contribution in [3.8, 4) is 0 Å². The van der Waals surface area contributed by atoms with Crippen molar-refractivity contribution in [1.82, 2.24) is 15.2 Å². The molecule has 2 aliphatic heterocycles. The Labute approximate surface area is 125 Å². The second-order valence-electron chi connectivity index (χ2n) is 6.33. The van der Waals surface area contributed by atoms with Gasteiger partial charge in [0, 0.05) is 26.1 Å². The molecule has 7 heteroatoms. The van der Waals surface area contributed by atoms with Crippen LogP contribution in [0, 0.1) is 5.92 Å². The number of piperidine rings is 1. The maximum atomic E-state index is 12.0. The molecule has 1 atom stereocenters. The first-order chi connectivity index (χ1) is 9.28. The molecule has 0 aromatic carbocycles. The molecule has 1 amide bonds. The van der Waals surface area contributed by atoms with E-state index in [-0.39, 0.29) is 11.6 Å². The second-order valence-corrected chi connectivity index (χ2v) is 6.81. The van der Waals surface area contributed by atoms with Gasteiger partial charge in [0.1, 0.15) is 11.4 Å². The number of thiol groups is 1. The van der Waals surface area contributed by atoms with Gasteiger partial charge in [0.15, 0.2) is 5.50 Å². The van der Waals surface area contributed by atoms with Crippen LogP contribution in [-0.4, -0.2) is 53.0 Å². The Bertz CT molecular complexity index is 400. The minimum absolute atomic E-state index is 0.0473. The van der Waals surface area contributed by atoms with Gasteiger partial charge in [-0.1, -0.05) is 0 Å². The van der Waals surface area contributed by atoms with E-state index in [0.29, 0.717) is 19.0 Å². The van der Waals surface area contributed by atoms with E-state index >= 15 is 0 Å². The molecule has 1 unspecified atom stereocenters. The maximum absolute atomic E-state index is 12.0. The number of nitrogens with zero attached hydrogens (tertiary/aromatic N) is 3. The molecule has 0 saturated carbocycles. The smallest absolute Gasteiger partial charge is 0.410 e. The van der Waals surface area contributed by atoms with Crippen LogP contribution in [0.15, 0.2) is 5.10 Å². The Kier molecular flexibility index (Phi) is 4.36. The van der Waals surface area contributed by atoms with E-state index < -0.39 is 5.60 Å². The molecule has 2 heterocycles. The molecule has 0 aromatic rings. The van der Waals surface area contributed by atoms with Crippen molar-refractivity contribution in [1.29, 1.82) is 0 Å². The van der Waals surface area contributed by atoms with E-state index in [1.807, 2.05) is 32.7 Å². The first-order valence-electron chi connectivity index (χ1n) is 7.00. The van der Waals surface area contributed by atoms with Crippen molar-refractivity contribution in [3.05, 3.63) is 0 Å². The van der Waals surface area contributed by atoms with Gasteiger partial charge in [-0.25, -0.2) is 4.79 Å². The van der Waals surface area contributed by atoms with Gasteiger partial charge in [-0.2, -0.15) is 5.10 Å². The number of carbonyl (C=O) groups is 1. The summed E-state index contributed by atoms with van der Waals surface area (Å²) < 4.78 is 5.40. The fourth-order valence-electron chi connectivity index (χ4n) is 2.44. The number of hydrazone groups is 1. The number of hydrogen-bond acceptors (Lipinski definition) is 6. The van der Waals surface area contributed by atoms with Gasteiger partial charge in [0.05, 0.1) is 0 Å². The summed E-state index contributed by atoms with van der Waals surface area (Å²) in [5.74, 6) is 1.41. The summed E-state index contributed by atoms with van der Waals surface area (Å²) in [7, 11) is 1.98. The largest absolute Gasteiger partial charge is 0.444 e. The predicted octanol–water partition coefficient (Wildman–Crippen LogP) is 1.70. The molecule has 20 heavy (non-hydrogen) atoms. The highest BCUT2D eigenvalue weighted by Gasteiger charge is 2.33. The summed E-state index contributed by atoms with van der Waals surface area (Å²) in [4.78, 5) is 15.8. The zero-order valence-electron chi connectivity index (χ0n) is 12.6. The van der Waals surface area contributed by atoms with Crippen LogP contribution in [0.25, 0.3) is 0 Å². The number of hydrogen-bond donors (Lipinski definition) is 2. The Morgan fingerprint density at radius 2 is 2.00 bits per heavy atom. The van der Waals surface area contributed by atoms with E-state index in [9.17, 15) is 4.79 Å². The summed E-state index contributed by atoms with van der Waals surface area (Å²) in [6.07, 6.45) is 1.60. The highest BCUT2D eigenvalue weighted by Crippen LogP contribution is 2.24. The average molecular weight is 300 g/mol. The highest BCUT2D eigenvalue weighted by molar-refractivity contribution is 7.80. The van der Waals surface area contributed by atoms with Crippen LogP contribution in [0.1, 0.15) is 33.6 Å². The molecule has 1 saturated heterocycles. The number of likely N-dealkylation sites (tertiary alicyclic amines) is 1. The maximum Gasteiger partial charge on any atom is 0.410 e. The normalized spacial score (nSPS) is 24.4. The second kappa shape index (κ2) is 5.71. The summed E-state index contributed by atoms with van der Waals surface area (Å²) in [6.45, 7) is 7.09. The number of nitrogens with one attached hydrogen (secondary N) is 1. The lowest BCUT2D eigenvalue weighted by atomic mass is 9.95. The van der Waals surface area contributed by atoms with Crippen LogP contribution in [0.5, 0.6) is 0 Å². The lowest BCUT2D eigenvalue weighted by Gasteiger charge is -2.34. The van der Waals surface area contributed by atoms with Crippen LogP contribution in [-0.2, 0) is 4.74 Å². The topological polar surface area (TPSA) is 57.2 Å². The molecule has 0 aromatic heterocycles. The Hall–Kier alpha value is -1.11. The van der Waals surface area contributed by atoms with E-state index in [4.69, 9.17) is 4.74 Å². The van der Waals surface area contributed by atoms with Crippen molar-refractivity contribution in [2.24, 2.45) is 11.0 Å². The van der Waals surface area contributed by atoms with Crippen molar-refractivity contribution < 1.29 is 9.53 Å². The summed E-state index contributed by atoms with van der Waals surface area (Å²) >= 11 is 4.38. The van der Waals surface area contributed by atoms with Crippen LogP contribution >= 0.6 is 12.6 Å². The van der Waals surface area contributed by atoms with E-state index in [0.717, 1.165) is 18.7 Å². The number of carbonyl (C=O) groups excluding carboxylic acids is 1.